The van der Waals surface area contributed by atoms with Crippen molar-refractivity contribution in [2.24, 2.45) is 0 Å². The van der Waals surface area contributed by atoms with Crippen LogP contribution in [0.25, 0.3) is 5.69 Å². The maximum atomic E-state index is 12.9. The Morgan fingerprint density at radius 2 is 1.73 bits per heavy atom. The Bertz CT molecular complexity index is 1160. The molecule has 2 heterocycles. The van der Waals surface area contributed by atoms with Crippen LogP contribution in [0.3, 0.4) is 0 Å². The van der Waals surface area contributed by atoms with E-state index in [2.05, 4.69) is 26.0 Å². The van der Waals surface area contributed by atoms with E-state index in [1.54, 1.807) is 58.4 Å². The van der Waals surface area contributed by atoms with Gasteiger partial charge in [0.15, 0.2) is 0 Å². The van der Waals surface area contributed by atoms with Crippen molar-refractivity contribution in [2.45, 2.75) is 11.8 Å². The normalized spacial score (nSPS) is 15.3. The van der Waals surface area contributed by atoms with Crippen LogP contribution in [0.4, 0.5) is 0 Å². The second-order valence-electron chi connectivity index (χ2n) is 6.99. The number of benzene rings is 2. The fourth-order valence-electron chi connectivity index (χ4n) is 3.34. The Kier molecular flexibility index (Phi) is 5.72. The van der Waals surface area contributed by atoms with Crippen molar-refractivity contribution < 1.29 is 13.2 Å². The molecule has 4 rings (SSSR count). The molecule has 1 amide bonds. The summed E-state index contributed by atoms with van der Waals surface area (Å²) in [5.41, 5.74) is 2.22. The van der Waals surface area contributed by atoms with Crippen molar-refractivity contribution in [3.63, 3.8) is 0 Å². The Hall–Kier alpha value is -2.56. The quantitative estimate of drug-likeness (QED) is 0.561. The molecule has 1 aliphatic rings. The minimum atomic E-state index is -3.59. The van der Waals surface area contributed by atoms with Crippen molar-refractivity contribution in [3.05, 3.63) is 70.7 Å². The summed E-state index contributed by atoms with van der Waals surface area (Å²) in [7, 11) is -3.59. The number of aromatic nitrogens is 3. The summed E-state index contributed by atoms with van der Waals surface area (Å²) in [5, 5.41) is 4.06. The number of rotatable bonds is 4. The van der Waals surface area contributed by atoms with Gasteiger partial charge in [0.25, 0.3) is 5.91 Å². The van der Waals surface area contributed by atoms with Crippen molar-refractivity contribution in [3.8, 4) is 5.69 Å². The molecule has 3 aromatic rings. The summed E-state index contributed by atoms with van der Waals surface area (Å²) < 4.78 is 29.8. The maximum Gasteiger partial charge on any atom is 0.253 e. The van der Waals surface area contributed by atoms with Crippen LogP contribution in [-0.4, -0.2) is 64.5 Å². The molecular weight excluding hydrogens is 470 g/mol. The van der Waals surface area contributed by atoms with E-state index in [0.29, 0.717) is 18.7 Å². The van der Waals surface area contributed by atoms with Crippen molar-refractivity contribution in [1.29, 1.82) is 0 Å². The highest BCUT2D eigenvalue weighted by Crippen LogP contribution is 2.24. The Morgan fingerprint density at radius 1 is 1.03 bits per heavy atom. The molecule has 1 aromatic heterocycles. The number of carbonyl (C=O) groups is 1. The molecular formula is C20H20BrN5O3S. The number of nitrogens with zero attached hydrogens (tertiary/aromatic N) is 5. The lowest BCUT2D eigenvalue weighted by molar-refractivity contribution is 0.0698. The number of hydrogen-bond donors (Lipinski definition) is 0. The summed E-state index contributed by atoms with van der Waals surface area (Å²) in [6.45, 7) is 3.07. The fraction of sp³-hybridized carbons (Fsp3) is 0.250. The van der Waals surface area contributed by atoms with Crippen LogP contribution in [0.1, 0.15) is 15.9 Å². The summed E-state index contributed by atoms with van der Waals surface area (Å²) in [6, 6.07) is 12.1. The number of carbonyl (C=O) groups excluding carboxylic acids is 1. The molecule has 0 atom stereocenters. The van der Waals surface area contributed by atoms with Crippen LogP contribution in [0.2, 0.25) is 0 Å². The fourth-order valence-corrected chi connectivity index (χ4v) is 5.09. The van der Waals surface area contributed by atoms with E-state index >= 15 is 0 Å². The molecule has 2 aromatic carbocycles. The highest BCUT2D eigenvalue weighted by atomic mass is 79.9. The van der Waals surface area contributed by atoms with Crippen LogP contribution in [0.15, 0.2) is 64.5 Å². The Labute approximate surface area is 183 Å². The van der Waals surface area contributed by atoms with Crippen LogP contribution >= 0.6 is 15.9 Å². The smallest absolute Gasteiger partial charge is 0.253 e. The molecule has 0 radical (unpaired) electrons. The lowest BCUT2D eigenvalue weighted by Gasteiger charge is -2.34. The first-order valence-corrected chi connectivity index (χ1v) is 11.6. The van der Waals surface area contributed by atoms with E-state index in [1.165, 1.54) is 10.6 Å². The lowest BCUT2D eigenvalue weighted by atomic mass is 10.1. The first kappa shape index (κ1) is 20.7. The van der Waals surface area contributed by atoms with Gasteiger partial charge in [-0.05, 0) is 55.0 Å². The van der Waals surface area contributed by atoms with Gasteiger partial charge in [-0.3, -0.25) is 4.79 Å². The maximum absolute atomic E-state index is 12.9. The van der Waals surface area contributed by atoms with E-state index in [9.17, 15) is 13.2 Å². The molecule has 0 spiro atoms. The SMILES string of the molecule is Cc1cc(S(=O)(=O)N2CCN(C(=O)c3ccc(-n4cncn4)cc3)CC2)ccc1Br. The number of amides is 1. The molecule has 10 heteroatoms. The summed E-state index contributed by atoms with van der Waals surface area (Å²) in [6.07, 6.45) is 3.03. The van der Waals surface area contributed by atoms with Gasteiger partial charge in [0, 0.05) is 36.2 Å². The number of sulfonamides is 1. The average molecular weight is 490 g/mol. The van der Waals surface area contributed by atoms with Gasteiger partial charge < -0.3 is 4.90 Å². The van der Waals surface area contributed by atoms with Crippen LogP contribution in [-0.2, 0) is 10.0 Å². The van der Waals surface area contributed by atoms with Gasteiger partial charge in [0.1, 0.15) is 12.7 Å². The summed E-state index contributed by atoms with van der Waals surface area (Å²) in [4.78, 5) is 18.7. The van der Waals surface area contributed by atoms with Gasteiger partial charge in [-0.2, -0.15) is 9.40 Å². The third-order valence-corrected chi connectivity index (χ3v) is 7.87. The molecule has 1 aliphatic heterocycles. The zero-order valence-electron chi connectivity index (χ0n) is 16.3. The lowest BCUT2D eigenvalue weighted by Crippen LogP contribution is -2.50. The largest absolute Gasteiger partial charge is 0.336 e. The topological polar surface area (TPSA) is 88.4 Å². The minimum absolute atomic E-state index is 0.114. The van der Waals surface area contributed by atoms with Crippen molar-refractivity contribution in [2.75, 3.05) is 26.2 Å². The van der Waals surface area contributed by atoms with Crippen LogP contribution in [0, 0.1) is 6.92 Å². The predicted octanol–water partition coefficient (Wildman–Crippen LogP) is 2.48. The second kappa shape index (κ2) is 8.29. The molecule has 30 heavy (non-hydrogen) atoms. The van der Waals surface area contributed by atoms with E-state index in [4.69, 9.17) is 0 Å². The van der Waals surface area contributed by atoms with E-state index in [1.807, 2.05) is 6.92 Å². The van der Waals surface area contributed by atoms with Gasteiger partial charge in [0.05, 0.1) is 10.6 Å². The van der Waals surface area contributed by atoms with Crippen molar-refractivity contribution >= 4 is 31.9 Å². The second-order valence-corrected chi connectivity index (χ2v) is 9.79. The standard InChI is InChI=1S/C20H20BrN5O3S/c1-15-12-18(6-7-19(15)21)30(28,29)25-10-8-24(9-11-25)20(27)16-2-4-17(5-3-16)26-14-22-13-23-26/h2-7,12-14H,8-11H2,1H3. The van der Waals surface area contributed by atoms with Crippen LogP contribution in [0.5, 0.6) is 0 Å². The first-order valence-electron chi connectivity index (χ1n) is 9.37. The third kappa shape index (κ3) is 4.03. The average Bonchev–Trinajstić information content (AvgIpc) is 3.30. The molecule has 0 N–H and O–H groups in total. The molecule has 1 fully saturated rings. The number of halogens is 1. The van der Waals surface area contributed by atoms with Gasteiger partial charge in [-0.25, -0.2) is 18.1 Å². The highest BCUT2D eigenvalue weighted by molar-refractivity contribution is 9.10. The van der Waals surface area contributed by atoms with Gasteiger partial charge in [-0.1, -0.05) is 15.9 Å². The number of hydrogen-bond acceptors (Lipinski definition) is 5. The van der Waals surface area contributed by atoms with Gasteiger partial charge in [-0.15, -0.1) is 0 Å². The van der Waals surface area contributed by atoms with Crippen molar-refractivity contribution in [1.82, 2.24) is 24.0 Å². The summed E-state index contributed by atoms with van der Waals surface area (Å²) >= 11 is 3.39. The minimum Gasteiger partial charge on any atom is -0.336 e. The Balaban J connectivity index is 1.42. The van der Waals surface area contributed by atoms with Crippen LogP contribution < -0.4 is 0 Å². The molecule has 0 saturated carbocycles. The molecule has 0 bridgehead atoms. The molecule has 156 valence electrons. The zero-order valence-corrected chi connectivity index (χ0v) is 18.7. The highest BCUT2D eigenvalue weighted by Gasteiger charge is 2.30. The molecule has 8 nitrogen and oxygen atoms in total. The van der Waals surface area contributed by atoms with Gasteiger partial charge in [0.2, 0.25) is 10.0 Å². The molecule has 0 unspecified atom stereocenters. The van der Waals surface area contributed by atoms with E-state index < -0.39 is 10.0 Å². The first-order chi connectivity index (χ1) is 14.4. The number of piperazine rings is 1. The monoisotopic (exact) mass is 489 g/mol. The summed E-state index contributed by atoms with van der Waals surface area (Å²) in [5.74, 6) is -0.114. The molecule has 0 aliphatic carbocycles. The van der Waals surface area contributed by atoms with E-state index in [-0.39, 0.29) is 23.9 Å². The molecule has 1 saturated heterocycles. The zero-order chi connectivity index (χ0) is 21.3. The Morgan fingerprint density at radius 3 is 2.33 bits per heavy atom. The van der Waals surface area contributed by atoms with E-state index in [0.717, 1.165) is 15.7 Å². The third-order valence-electron chi connectivity index (χ3n) is 5.09. The predicted molar refractivity (Wildman–Crippen MR) is 115 cm³/mol. The van der Waals surface area contributed by atoms with Gasteiger partial charge >= 0.3 is 0 Å². The number of aryl methyl sites for hydroxylation is 1.